The average molecular weight is 242 g/mol. The summed E-state index contributed by atoms with van der Waals surface area (Å²) in [6.45, 7) is 2.83. The van der Waals surface area contributed by atoms with Crippen LogP contribution in [0.25, 0.3) is 0 Å². The number of halogens is 1. The van der Waals surface area contributed by atoms with Crippen LogP contribution in [0.15, 0.2) is 0 Å². The van der Waals surface area contributed by atoms with E-state index in [1.165, 1.54) is 38.5 Å². The van der Waals surface area contributed by atoms with E-state index in [4.69, 9.17) is 17.3 Å². The van der Waals surface area contributed by atoms with Crippen LogP contribution >= 0.6 is 11.6 Å². The number of nitrogens with two attached hydrogens (primary N) is 1. The molecule has 0 bridgehead atoms. The molecule has 0 radical (unpaired) electrons. The van der Waals surface area contributed by atoms with Crippen molar-refractivity contribution in [2.24, 2.45) is 5.92 Å². The molecular weight excluding hydrogens is 222 g/mol. The Bertz CT molecular complexity index is 351. The fourth-order valence-corrected chi connectivity index (χ4v) is 2.64. The number of hydrogen-bond acceptors (Lipinski definition) is 2. The van der Waals surface area contributed by atoms with Crippen LogP contribution in [-0.2, 0) is 6.54 Å². The van der Waals surface area contributed by atoms with E-state index in [-0.39, 0.29) is 0 Å². The monoisotopic (exact) mass is 241 g/mol. The molecule has 1 aliphatic rings. The molecule has 1 aromatic heterocycles. The highest BCUT2D eigenvalue weighted by Gasteiger charge is 2.16. The van der Waals surface area contributed by atoms with Gasteiger partial charge in [-0.25, -0.2) is 4.68 Å². The third-order valence-corrected chi connectivity index (χ3v) is 3.96. The maximum atomic E-state index is 6.04. The Morgan fingerprint density at radius 3 is 2.44 bits per heavy atom. The lowest BCUT2D eigenvalue weighted by Gasteiger charge is -2.14. The SMILES string of the molecule is Cc1nn(CC2CCCCCC2)c(N)c1Cl. The second-order valence-electron chi connectivity index (χ2n) is 4.82. The maximum Gasteiger partial charge on any atom is 0.140 e. The number of nitrogens with zero attached hydrogens (tertiary/aromatic N) is 2. The lowest BCUT2D eigenvalue weighted by atomic mass is 10.0. The summed E-state index contributed by atoms with van der Waals surface area (Å²) < 4.78 is 1.88. The van der Waals surface area contributed by atoms with Crippen LogP contribution in [0.2, 0.25) is 5.02 Å². The zero-order valence-corrected chi connectivity index (χ0v) is 10.6. The Kier molecular flexibility index (Phi) is 3.74. The van der Waals surface area contributed by atoms with Gasteiger partial charge in [-0.1, -0.05) is 37.3 Å². The van der Waals surface area contributed by atoms with Crippen molar-refractivity contribution in [3.8, 4) is 0 Å². The van der Waals surface area contributed by atoms with Crippen LogP contribution in [0.5, 0.6) is 0 Å². The van der Waals surface area contributed by atoms with E-state index < -0.39 is 0 Å². The summed E-state index contributed by atoms with van der Waals surface area (Å²) in [6, 6.07) is 0. The minimum atomic E-state index is 0.619. The molecule has 1 aromatic rings. The molecule has 0 unspecified atom stereocenters. The molecule has 0 atom stereocenters. The van der Waals surface area contributed by atoms with Crippen LogP contribution < -0.4 is 5.73 Å². The van der Waals surface area contributed by atoms with Crippen LogP contribution in [0.4, 0.5) is 5.82 Å². The number of nitrogen functional groups attached to an aromatic ring is 1. The lowest BCUT2D eigenvalue weighted by Crippen LogP contribution is -2.13. The van der Waals surface area contributed by atoms with Gasteiger partial charge in [-0.15, -0.1) is 0 Å². The largest absolute Gasteiger partial charge is 0.383 e. The van der Waals surface area contributed by atoms with Gasteiger partial charge in [0.05, 0.1) is 5.69 Å². The first-order valence-electron chi connectivity index (χ1n) is 6.17. The average Bonchev–Trinajstić information content (AvgIpc) is 2.53. The first kappa shape index (κ1) is 11.8. The number of rotatable bonds is 2. The quantitative estimate of drug-likeness (QED) is 0.807. The van der Waals surface area contributed by atoms with E-state index >= 15 is 0 Å². The molecule has 0 aromatic carbocycles. The summed E-state index contributed by atoms with van der Waals surface area (Å²) >= 11 is 6.04. The molecule has 0 saturated heterocycles. The molecule has 1 saturated carbocycles. The van der Waals surface area contributed by atoms with Gasteiger partial charge in [0, 0.05) is 6.54 Å². The predicted octanol–water partition coefficient (Wildman–Crippen LogP) is 3.40. The summed E-state index contributed by atoms with van der Waals surface area (Å²) in [5.74, 6) is 1.35. The lowest BCUT2D eigenvalue weighted by molar-refractivity contribution is 0.378. The van der Waals surface area contributed by atoms with Gasteiger partial charge in [-0.05, 0) is 25.7 Å². The van der Waals surface area contributed by atoms with Gasteiger partial charge in [0.2, 0.25) is 0 Å². The van der Waals surface area contributed by atoms with Crippen LogP contribution in [0.3, 0.4) is 0 Å². The minimum Gasteiger partial charge on any atom is -0.383 e. The van der Waals surface area contributed by atoms with Crippen LogP contribution in [0.1, 0.15) is 44.2 Å². The highest BCUT2D eigenvalue weighted by atomic mass is 35.5. The van der Waals surface area contributed by atoms with Crippen molar-refractivity contribution in [2.75, 3.05) is 5.73 Å². The molecule has 2 N–H and O–H groups in total. The molecule has 1 fully saturated rings. The van der Waals surface area contributed by atoms with Gasteiger partial charge in [0.25, 0.3) is 0 Å². The fourth-order valence-electron chi connectivity index (χ4n) is 2.51. The summed E-state index contributed by atoms with van der Waals surface area (Å²) in [5.41, 5.74) is 6.77. The number of aryl methyl sites for hydroxylation is 1. The summed E-state index contributed by atoms with van der Waals surface area (Å²) in [7, 11) is 0. The maximum absolute atomic E-state index is 6.04. The van der Waals surface area contributed by atoms with E-state index in [2.05, 4.69) is 5.10 Å². The molecular formula is C12H20ClN3. The molecule has 2 rings (SSSR count). The minimum absolute atomic E-state index is 0.619. The third-order valence-electron chi connectivity index (χ3n) is 3.50. The zero-order valence-electron chi connectivity index (χ0n) is 9.88. The van der Waals surface area contributed by atoms with Gasteiger partial charge in [0.1, 0.15) is 10.8 Å². The first-order valence-corrected chi connectivity index (χ1v) is 6.54. The number of anilines is 1. The highest BCUT2D eigenvalue weighted by Crippen LogP contribution is 2.27. The molecule has 1 heterocycles. The molecule has 16 heavy (non-hydrogen) atoms. The second kappa shape index (κ2) is 5.09. The molecule has 4 heteroatoms. The molecule has 0 amide bonds. The normalized spacial score (nSPS) is 18.6. The Morgan fingerprint density at radius 2 is 1.94 bits per heavy atom. The molecule has 90 valence electrons. The van der Waals surface area contributed by atoms with E-state index in [1.807, 2.05) is 11.6 Å². The Balaban J connectivity index is 2.04. The summed E-state index contributed by atoms with van der Waals surface area (Å²) in [4.78, 5) is 0. The predicted molar refractivity (Wildman–Crippen MR) is 67.6 cm³/mol. The van der Waals surface area contributed by atoms with Gasteiger partial charge < -0.3 is 5.73 Å². The molecule has 0 spiro atoms. The van der Waals surface area contributed by atoms with E-state index in [9.17, 15) is 0 Å². The number of aromatic nitrogens is 2. The van der Waals surface area contributed by atoms with E-state index in [1.54, 1.807) is 0 Å². The zero-order chi connectivity index (χ0) is 11.5. The molecule has 0 aliphatic heterocycles. The Morgan fingerprint density at radius 1 is 1.31 bits per heavy atom. The van der Waals surface area contributed by atoms with Gasteiger partial charge in [-0.3, -0.25) is 0 Å². The van der Waals surface area contributed by atoms with Crippen LogP contribution in [0, 0.1) is 12.8 Å². The third kappa shape index (κ3) is 2.51. The van der Waals surface area contributed by atoms with Crippen molar-refractivity contribution in [1.82, 2.24) is 9.78 Å². The fraction of sp³-hybridized carbons (Fsp3) is 0.750. The number of hydrogen-bond donors (Lipinski definition) is 1. The van der Waals surface area contributed by atoms with Crippen molar-refractivity contribution >= 4 is 17.4 Å². The topological polar surface area (TPSA) is 43.8 Å². The molecule has 3 nitrogen and oxygen atoms in total. The van der Waals surface area contributed by atoms with Crippen molar-refractivity contribution < 1.29 is 0 Å². The van der Waals surface area contributed by atoms with Crippen LogP contribution in [-0.4, -0.2) is 9.78 Å². The highest BCUT2D eigenvalue weighted by molar-refractivity contribution is 6.33. The Hall–Kier alpha value is -0.700. The van der Waals surface area contributed by atoms with Crippen molar-refractivity contribution in [2.45, 2.75) is 52.0 Å². The van der Waals surface area contributed by atoms with Gasteiger partial charge >= 0.3 is 0 Å². The van der Waals surface area contributed by atoms with Crippen molar-refractivity contribution in [3.63, 3.8) is 0 Å². The summed E-state index contributed by atoms with van der Waals surface area (Å²) in [6.07, 6.45) is 8.05. The van der Waals surface area contributed by atoms with Gasteiger partial charge in [-0.2, -0.15) is 5.10 Å². The standard InChI is InChI=1S/C12H20ClN3/c1-9-11(13)12(14)16(15-9)8-10-6-4-2-3-5-7-10/h10H,2-8,14H2,1H3. The van der Waals surface area contributed by atoms with Crippen molar-refractivity contribution in [1.29, 1.82) is 0 Å². The van der Waals surface area contributed by atoms with Gasteiger partial charge in [0.15, 0.2) is 0 Å². The first-order chi connectivity index (χ1) is 7.68. The summed E-state index contributed by atoms with van der Waals surface area (Å²) in [5, 5.41) is 5.01. The second-order valence-corrected chi connectivity index (χ2v) is 5.20. The molecule has 1 aliphatic carbocycles. The van der Waals surface area contributed by atoms with E-state index in [0.29, 0.717) is 10.8 Å². The van der Waals surface area contributed by atoms with E-state index in [0.717, 1.165) is 18.2 Å². The smallest absolute Gasteiger partial charge is 0.140 e. The van der Waals surface area contributed by atoms with Crippen molar-refractivity contribution in [3.05, 3.63) is 10.7 Å². The Labute approximate surface area is 102 Å².